The van der Waals surface area contributed by atoms with Crippen LogP contribution in [-0.4, -0.2) is 55.1 Å². The van der Waals surface area contributed by atoms with Gasteiger partial charge in [0, 0.05) is 38.9 Å². The van der Waals surface area contributed by atoms with Gasteiger partial charge in [0.25, 0.3) is 0 Å². The smallest absolute Gasteiger partial charge is 0.224 e. The van der Waals surface area contributed by atoms with E-state index < -0.39 is 0 Å². The molecule has 0 radical (unpaired) electrons. The van der Waals surface area contributed by atoms with Crippen LogP contribution < -0.4 is 10.2 Å². The Balaban J connectivity index is 1.43. The van der Waals surface area contributed by atoms with Crippen molar-refractivity contribution in [2.75, 3.05) is 44.2 Å². The Morgan fingerprint density at radius 3 is 2.92 bits per heavy atom. The van der Waals surface area contributed by atoms with Gasteiger partial charge in [-0.1, -0.05) is 13.0 Å². The lowest BCUT2D eigenvalue weighted by atomic mass is 9.97. The summed E-state index contributed by atoms with van der Waals surface area (Å²) in [6, 6.07) is 5.96. The Bertz CT molecular complexity index is 521. The van der Waals surface area contributed by atoms with E-state index in [2.05, 4.69) is 27.0 Å². The zero-order chi connectivity index (χ0) is 16.8. The van der Waals surface area contributed by atoms with Crippen molar-refractivity contribution in [1.29, 1.82) is 0 Å². The minimum atomic E-state index is 0.0843. The van der Waals surface area contributed by atoms with Crippen molar-refractivity contribution in [3.63, 3.8) is 0 Å². The van der Waals surface area contributed by atoms with Gasteiger partial charge in [-0.25, -0.2) is 4.98 Å². The quantitative estimate of drug-likeness (QED) is 0.899. The molecule has 0 spiro atoms. The van der Waals surface area contributed by atoms with Crippen molar-refractivity contribution in [3.05, 3.63) is 24.4 Å². The predicted molar refractivity (Wildman–Crippen MR) is 97.0 cm³/mol. The highest BCUT2D eigenvalue weighted by molar-refractivity contribution is 5.79. The number of aromatic nitrogens is 1. The first-order valence-electron chi connectivity index (χ1n) is 9.38. The van der Waals surface area contributed by atoms with Crippen molar-refractivity contribution < 1.29 is 4.79 Å². The van der Waals surface area contributed by atoms with E-state index in [4.69, 9.17) is 0 Å². The van der Waals surface area contributed by atoms with Gasteiger partial charge in [0.15, 0.2) is 0 Å². The van der Waals surface area contributed by atoms with Gasteiger partial charge < -0.3 is 15.1 Å². The normalized spacial score (nSPS) is 25.5. The standard InChI is InChI=1S/C19H30N4O/c1-16-6-4-11-22(14-16)13-10-21-19(24)17-7-5-12-23(15-17)18-8-2-3-9-20-18/h2-3,8-9,16-17H,4-7,10-15H2,1H3,(H,21,24)/t16-,17-/m1/s1. The molecule has 24 heavy (non-hydrogen) atoms. The first-order valence-corrected chi connectivity index (χ1v) is 9.38. The van der Waals surface area contributed by atoms with E-state index >= 15 is 0 Å². The van der Waals surface area contributed by atoms with E-state index in [9.17, 15) is 4.79 Å². The fourth-order valence-electron chi connectivity index (χ4n) is 3.91. The van der Waals surface area contributed by atoms with Crippen LogP contribution in [0.1, 0.15) is 32.6 Å². The van der Waals surface area contributed by atoms with Gasteiger partial charge in [-0.3, -0.25) is 4.79 Å². The van der Waals surface area contributed by atoms with Crippen LogP contribution in [0.3, 0.4) is 0 Å². The summed E-state index contributed by atoms with van der Waals surface area (Å²) in [7, 11) is 0. The maximum atomic E-state index is 12.5. The lowest BCUT2D eigenvalue weighted by molar-refractivity contribution is -0.125. The molecule has 0 unspecified atom stereocenters. The molecule has 5 heteroatoms. The minimum Gasteiger partial charge on any atom is -0.356 e. The van der Waals surface area contributed by atoms with Crippen LogP contribution in [0, 0.1) is 11.8 Å². The SMILES string of the molecule is C[C@@H]1CCCN(CCNC(=O)[C@@H]2CCCN(c3ccccn3)C2)C1. The number of hydrogen-bond acceptors (Lipinski definition) is 4. The summed E-state index contributed by atoms with van der Waals surface area (Å²) in [5.41, 5.74) is 0. The topological polar surface area (TPSA) is 48.5 Å². The van der Waals surface area contributed by atoms with Crippen molar-refractivity contribution in [1.82, 2.24) is 15.2 Å². The number of piperidine rings is 2. The molecule has 0 aliphatic carbocycles. The molecular formula is C19H30N4O. The highest BCUT2D eigenvalue weighted by Crippen LogP contribution is 2.21. The number of pyridine rings is 1. The summed E-state index contributed by atoms with van der Waals surface area (Å²) in [6.45, 7) is 8.19. The second kappa shape index (κ2) is 8.47. The van der Waals surface area contributed by atoms with Crippen LogP contribution in [0.2, 0.25) is 0 Å². The third-order valence-corrected chi connectivity index (χ3v) is 5.23. The third kappa shape index (κ3) is 4.69. The molecule has 3 rings (SSSR count). The Labute approximate surface area is 145 Å². The van der Waals surface area contributed by atoms with Gasteiger partial charge in [0.05, 0.1) is 5.92 Å². The molecule has 2 fully saturated rings. The zero-order valence-corrected chi connectivity index (χ0v) is 14.8. The maximum absolute atomic E-state index is 12.5. The van der Waals surface area contributed by atoms with E-state index in [-0.39, 0.29) is 11.8 Å². The number of hydrogen-bond donors (Lipinski definition) is 1. The van der Waals surface area contributed by atoms with Gasteiger partial charge in [-0.05, 0) is 50.3 Å². The number of anilines is 1. The molecule has 3 heterocycles. The largest absolute Gasteiger partial charge is 0.356 e. The Kier molecular flexibility index (Phi) is 6.07. The molecule has 0 bridgehead atoms. The van der Waals surface area contributed by atoms with Crippen molar-refractivity contribution in [2.24, 2.45) is 11.8 Å². The highest BCUT2D eigenvalue weighted by atomic mass is 16.1. The summed E-state index contributed by atoms with van der Waals surface area (Å²) in [4.78, 5) is 21.6. The van der Waals surface area contributed by atoms with Gasteiger partial charge in [0.2, 0.25) is 5.91 Å². The van der Waals surface area contributed by atoms with Gasteiger partial charge in [0.1, 0.15) is 5.82 Å². The molecule has 1 N–H and O–H groups in total. The monoisotopic (exact) mass is 330 g/mol. The summed E-state index contributed by atoms with van der Waals surface area (Å²) in [5.74, 6) is 2.07. The number of likely N-dealkylation sites (tertiary alicyclic amines) is 1. The average molecular weight is 330 g/mol. The van der Waals surface area contributed by atoms with E-state index in [1.807, 2.05) is 24.4 Å². The molecule has 5 nitrogen and oxygen atoms in total. The van der Waals surface area contributed by atoms with E-state index in [1.165, 1.54) is 25.9 Å². The number of nitrogens with one attached hydrogen (secondary N) is 1. The molecule has 1 aromatic heterocycles. The Hall–Kier alpha value is -1.62. The van der Waals surface area contributed by atoms with Crippen molar-refractivity contribution >= 4 is 11.7 Å². The molecule has 2 aliphatic rings. The van der Waals surface area contributed by atoms with Crippen LogP contribution in [0.4, 0.5) is 5.82 Å². The minimum absolute atomic E-state index is 0.0843. The zero-order valence-electron chi connectivity index (χ0n) is 14.8. The number of nitrogens with zero attached hydrogens (tertiary/aromatic N) is 3. The fourth-order valence-corrected chi connectivity index (χ4v) is 3.91. The number of amides is 1. The predicted octanol–water partition coefficient (Wildman–Crippen LogP) is 2.15. The van der Waals surface area contributed by atoms with E-state index in [0.717, 1.165) is 50.8 Å². The van der Waals surface area contributed by atoms with Crippen molar-refractivity contribution in [2.45, 2.75) is 32.6 Å². The van der Waals surface area contributed by atoms with Gasteiger partial charge in [-0.2, -0.15) is 0 Å². The molecule has 0 saturated carbocycles. The average Bonchev–Trinajstić information content (AvgIpc) is 2.62. The van der Waals surface area contributed by atoms with Crippen molar-refractivity contribution in [3.8, 4) is 0 Å². The number of carbonyl (C=O) groups excluding carboxylic acids is 1. The van der Waals surface area contributed by atoms with Crippen LogP contribution in [0.25, 0.3) is 0 Å². The maximum Gasteiger partial charge on any atom is 0.224 e. The molecule has 1 amide bonds. The first kappa shape index (κ1) is 17.2. The number of carbonyl (C=O) groups is 1. The van der Waals surface area contributed by atoms with Crippen LogP contribution in [-0.2, 0) is 4.79 Å². The summed E-state index contributed by atoms with van der Waals surface area (Å²) in [5, 5.41) is 3.16. The summed E-state index contributed by atoms with van der Waals surface area (Å²) >= 11 is 0. The lowest BCUT2D eigenvalue weighted by Crippen LogP contribution is -2.45. The second-order valence-electron chi connectivity index (χ2n) is 7.31. The Morgan fingerprint density at radius 1 is 1.25 bits per heavy atom. The summed E-state index contributed by atoms with van der Waals surface area (Å²) in [6.07, 6.45) is 6.48. The molecule has 0 aromatic carbocycles. The van der Waals surface area contributed by atoms with Gasteiger partial charge in [-0.15, -0.1) is 0 Å². The van der Waals surface area contributed by atoms with Crippen LogP contribution >= 0.6 is 0 Å². The lowest BCUT2D eigenvalue weighted by Gasteiger charge is -2.33. The van der Waals surface area contributed by atoms with E-state index in [0.29, 0.717) is 0 Å². The Morgan fingerprint density at radius 2 is 2.12 bits per heavy atom. The second-order valence-corrected chi connectivity index (χ2v) is 7.31. The molecule has 2 aliphatic heterocycles. The van der Waals surface area contributed by atoms with Gasteiger partial charge >= 0.3 is 0 Å². The number of rotatable bonds is 5. The van der Waals surface area contributed by atoms with Crippen LogP contribution in [0.15, 0.2) is 24.4 Å². The molecule has 2 saturated heterocycles. The summed E-state index contributed by atoms with van der Waals surface area (Å²) < 4.78 is 0. The third-order valence-electron chi connectivity index (χ3n) is 5.23. The molecule has 2 atom stereocenters. The van der Waals surface area contributed by atoms with E-state index in [1.54, 1.807) is 0 Å². The molecule has 1 aromatic rings. The first-order chi connectivity index (χ1) is 11.7. The molecular weight excluding hydrogens is 300 g/mol. The van der Waals surface area contributed by atoms with Crippen LogP contribution in [0.5, 0.6) is 0 Å². The molecule has 132 valence electrons. The fraction of sp³-hybridized carbons (Fsp3) is 0.684. The highest BCUT2D eigenvalue weighted by Gasteiger charge is 2.26.